The van der Waals surface area contributed by atoms with Gasteiger partial charge in [0.15, 0.2) is 0 Å². The highest BCUT2D eigenvalue weighted by atomic mass is 16.5. The topological polar surface area (TPSA) is 114 Å². The normalized spacial score (nSPS) is 17.6. The van der Waals surface area contributed by atoms with Crippen LogP contribution in [0.1, 0.15) is 49.7 Å². The molecular formula is C29H36N2O5. The van der Waals surface area contributed by atoms with E-state index in [1.165, 1.54) is 6.08 Å². The van der Waals surface area contributed by atoms with Crippen LogP contribution in [-0.4, -0.2) is 31.3 Å². The molecule has 1 aliphatic carbocycles. The number of rotatable bonds is 12. The molecule has 2 aromatic carbocycles. The van der Waals surface area contributed by atoms with Crippen LogP contribution in [0.2, 0.25) is 0 Å². The minimum atomic E-state index is -0.451. The molecule has 1 fully saturated rings. The Labute approximate surface area is 213 Å². The third-order valence-corrected chi connectivity index (χ3v) is 6.21. The van der Waals surface area contributed by atoms with Crippen LogP contribution in [0.25, 0.3) is 6.08 Å². The zero-order valence-corrected chi connectivity index (χ0v) is 20.7. The molecule has 0 heterocycles. The maximum atomic E-state index is 12.6. The van der Waals surface area contributed by atoms with Gasteiger partial charge in [0.25, 0.3) is 0 Å². The van der Waals surface area contributed by atoms with Crippen molar-refractivity contribution in [3.05, 3.63) is 72.3 Å². The molecule has 1 saturated carbocycles. The van der Waals surface area contributed by atoms with Gasteiger partial charge in [-0.2, -0.15) is 0 Å². The van der Waals surface area contributed by atoms with Crippen molar-refractivity contribution in [1.82, 2.24) is 0 Å². The number of esters is 2. The number of hydrogen-bond acceptors (Lipinski definition) is 7. The fourth-order valence-corrected chi connectivity index (χ4v) is 4.11. The number of carbonyl (C=O) groups excluding carboxylic acids is 2. The van der Waals surface area contributed by atoms with Crippen molar-refractivity contribution >= 4 is 29.4 Å². The van der Waals surface area contributed by atoms with E-state index in [2.05, 4.69) is 6.58 Å². The highest BCUT2D eigenvalue weighted by molar-refractivity contribution is 5.87. The van der Waals surface area contributed by atoms with Gasteiger partial charge in [0, 0.05) is 30.5 Å². The van der Waals surface area contributed by atoms with E-state index in [4.69, 9.17) is 25.7 Å². The average Bonchev–Trinajstić information content (AvgIpc) is 2.88. The molecule has 0 saturated heterocycles. The monoisotopic (exact) mass is 492 g/mol. The number of carbonyl (C=O) groups is 2. The smallest absolute Gasteiger partial charge is 0.330 e. The Morgan fingerprint density at radius 1 is 1.00 bits per heavy atom. The van der Waals surface area contributed by atoms with Crippen LogP contribution >= 0.6 is 0 Å². The van der Waals surface area contributed by atoms with E-state index >= 15 is 0 Å². The summed E-state index contributed by atoms with van der Waals surface area (Å²) >= 11 is 0. The van der Waals surface area contributed by atoms with Crippen molar-refractivity contribution < 1.29 is 23.8 Å². The molecule has 0 amide bonds. The SMILES string of the molecule is C=CCCCOC1CCC(C(=O)Oc2ccc(C=CC(=O)OCCc3cc(N)ccc3N)cc2)CC1. The van der Waals surface area contributed by atoms with E-state index in [1.807, 2.05) is 6.08 Å². The lowest BCUT2D eigenvalue weighted by Gasteiger charge is -2.27. The van der Waals surface area contributed by atoms with Gasteiger partial charge in [-0.25, -0.2) is 4.79 Å². The first-order valence-corrected chi connectivity index (χ1v) is 12.5. The van der Waals surface area contributed by atoms with Gasteiger partial charge in [-0.15, -0.1) is 6.58 Å². The molecule has 0 unspecified atom stereocenters. The summed E-state index contributed by atoms with van der Waals surface area (Å²) in [4.78, 5) is 24.6. The first kappa shape index (κ1) is 27.0. The number of nitrogens with two attached hydrogens (primary N) is 2. The largest absolute Gasteiger partial charge is 0.462 e. The molecular weight excluding hydrogens is 456 g/mol. The lowest BCUT2D eigenvalue weighted by molar-refractivity contribution is -0.141. The molecule has 0 spiro atoms. The lowest BCUT2D eigenvalue weighted by atomic mass is 9.87. The molecule has 0 aromatic heterocycles. The van der Waals surface area contributed by atoms with Gasteiger partial charge in [0.1, 0.15) is 5.75 Å². The number of anilines is 2. The van der Waals surface area contributed by atoms with Crippen LogP contribution in [0.15, 0.2) is 61.2 Å². The molecule has 192 valence electrons. The number of ether oxygens (including phenoxy) is 3. The van der Waals surface area contributed by atoms with E-state index in [0.717, 1.165) is 56.3 Å². The molecule has 4 N–H and O–H groups in total. The predicted molar refractivity (Wildman–Crippen MR) is 142 cm³/mol. The second-order valence-electron chi connectivity index (χ2n) is 8.97. The summed E-state index contributed by atoms with van der Waals surface area (Å²) in [6.45, 7) is 4.66. The van der Waals surface area contributed by atoms with Gasteiger partial charge in [-0.3, -0.25) is 4.79 Å². The van der Waals surface area contributed by atoms with E-state index in [9.17, 15) is 9.59 Å². The Morgan fingerprint density at radius 3 is 2.47 bits per heavy atom. The Hall–Kier alpha value is -3.58. The minimum Gasteiger partial charge on any atom is -0.462 e. The minimum absolute atomic E-state index is 0.102. The third-order valence-electron chi connectivity index (χ3n) is 6.21. The Balaban J connectivity index is 1.37. The van der Waals surface area contributed by atoms with Crippen LogP contribution in [0.4, 0.5) is 11.4 Å². The summed E-state index contributed by atoms with van der Waals surface area (Å²) in [6.07, 6.45) is 10.9. The molecule has 36 heavy (non-hydrogen) atoms. The Kier molecular flexibility index (Phi) is 10.6. The standard InChI is InChI=1S/C29H36N2O5/c1-2-3-4-18-34-25-13-8-22(9-14-25)29(33)36-26-11-5-21(6-12-26)7-16-28(32)35-19-17-23-20-24(30)10-15-27(23)31/h2,5-7,10-12,15-16,20,22,25H,1,3-4,8-9,13-14,17-19,30-31H2. The van der Waals surface area contributed by atoms with Crippen LogP contribution in [0.5, 0.6) is 5.75 Å². The van der Waals surface area contributed by atoms with Crippen molar-refractivity contribution in [3.8, 4) is 5.75 Å². The summed E-state index contributed by atoms with van der Waals surface area (Å²) in [6, 6.07) is 12.3. The highest BCUT2D eigenvalue weighted by Crippen LogP contribution is 2.28. The van der Waals surface area contributed by atoms with Crippen LogP contribution in [0, 0.1) is 5.92 Å². The fourth-order valence-electron chi connectivity index (χ4n) is 4.11. The average molecular weight is 493 g/mol. The van der Waals surface area contributed by atoms with Gasteiger partial charge in [0.05, 0.1) is 18.6 Å². The van der Waals surface area contributed by atoms with Gasteiger partial charge < -0.3 is 25.7 Å². The Bertz CT molecular complexity index is 1040. The summed E-state index contributed by atoms with van der Waals surface area (Å²) in [5, 5.41) is 0. The number of unbranched alkanes of at least 4 members (excludes halogenated alkanes) is 1. The van der Waals surface area contributed by atoms with Crippen LogP contribution in [-0.2, 0) is 25.5 Å². The molecule has 7 heteroatoms. The summed E-state index contributed by atoms with van der Waals surface area (Å²) in [5.41, 5.74) is 14.5. The predicted octanol–water partition coefficient (Wildman–Crippen LogP) is 5.10. The summed E-state index contributed by atoms with van der Waals surface area (Å²) in [5.74, 6) is -0.265. The van der Waals surface area contributed by atoms with E-state index < -0.39 is 5.97 Å². The van der Waals surface area contributed by atoms with Crippen molar-refractivity contribution in [2.24, 2.45) is 5.92 Å². The molecule has 0 bridgehead atoms. The number of nitrogen functional groups attached to an aromatic ring is 2. The van der Waals surface area contributed by atoms with Gasteiger partial charge >= 0.3 is 11.9 Å². The fraction of sp³-hybridized carbons (Fsp3) is 0.379. The van der Waals surface area contributed by atoms with Crippen molar-refractivity contribution in [2.45, 2.75) is 51.0 Å². The van der Waals surface area contributed by atoms with Crippen molar-refractivity contribution in [3.63, 3.8) is 0 Å². The quantitative estimate of drug-likeness (QED) is 0.106. The van der Waals surface area contributed by atoms with Crippen molar-refractivity contribution in [1.29, 1.82) is 0 Å². The lowest BCUT2D eigenvalue weighted by Crippen LogP contribution is -2.29. The van der Waals surface area contributed by atoms with Gasteiger partial charge in [-0.05, 0) is 86.1 Å². The maximum absolute atomic E-state index is 12.6. The number of allylic oxidation sites excluding steroid dienone is 1. The first-order valence-electron chi connectivity index (χ1n) is 12.5. The molecule has 2 aromatic rings. The summed E-state index contributed by atoms with van der Waals surface area (Å²) < 4.78 is 16.7. The van der Waals surface area contributed by atoms with Gasteiger partial charge in [-0.1, -0.05) is 18.2 Å². The first-order chi connectivity index (χ1) is 17.4. The van der Waals surface area contributed by atoms with Crippen LogP contribution < -0.4 is 16.2 Å². The van der Waals surface area contributed by atoms with E-state index in [-0.39, 0.29) is 24.6 Å². The molecule has 7 nitrogen and oxygen atoms in total. The number of hydrogen-bond donors (Lipinski definition) is 2. The zero-order chi connectivity index (χ0) is 25.8. The molecule has 0 radical (unpaired) electrons. The van der Waals surface area contributed by atoms with E-state index in [0.29, 0.717) is 23.5 Å². The third kappa shape index (κ3) is 8.89. The molecule has 1 aliphatic rings. The highest BCUT2D eigenvalue weighted by Gasteiger charge is 2.28. The second-order valence-corrected chi connectivity index (χ2v) is 8.97. The van der Waals surface area contributed by atoms with Crippen molar-refractivity contribution in [2.75, 3.05) is 24.7 Å². The molecule has 0 atom stereocenters. The molecule has 0 aliphatic heterocycles. The van der Waals surface area contributed by atoms with Crippen LogP contribution in [0.3, 0.4) is 0 Å². The van der Waals surface area contributed by atoms with E-state index in [1.54, 1.807) is 48.5 Å². The second kappa shape index (κ2) is 14.1. The Morgan fingerprint density at radius 2 is 1.75 bits per heavy atom. The summed E-state index contributed by atoms with van der Waals surface area (Å²) in [7, 11) is 0. The zero-order valence-electron chi connectivity index (χ0n) is 20.7. The maximum Gasteiger partial charge on any atom is 0.330 e. The number of benzene rings is 2. The molecule has 3 rings (SSSR count). The van der Waals surface area contributed by atoms with Gasteiger partial charge in [0.2, 0.25) is 0 Å².